The van der Waals surface area contributed by atoms with Crippen LogP contribution in [-0.4, -0.2) is 27.1 Å². The molecule has 0 radical (unpaired) electrons. The van der Waals surface area contributed by atoms with Gasteiger partial charge in [-0.3, -0.25) is 0 Å². The monoisotopic (exact) mass is 229 g/mol. The van der Waals surface area contributed by atoms with Crippen molar-refractivity contribution in [3.05, 3.63) is 15.6 Å². The molecule has 0 amide bonds. The zero-order valence-electron chi connectivity index (χ0n) is 8.35. The second-order valence-corrected chi connectivity index (χ2v) is 4.58. The van der Waals surface area contributed by atoms with Gasteiger partial charge in [0.15, 0.2) is 5.69 Å². The van der Waals surface area contributed by atoms with E-state index in [1.165, 1.54) is 0 Å². The van der Waals surface area contributed by atoms with Crippen molar-refractivity contribution in [1.29, 1.82) is 0 Å². The quantitative estimate of drug-likeness (QED) is 0.821. The molecule has 0 unspecified atom stereocenters. The minimum Gasteiger partial charge on any atom is -0.477 e. The van der Waals surface area contributed by atoms with Gasteiger partial charge in [0.1, 0.15) is 4.88 Å². The van der Waals surface area contributed by atoms with E-state index >= 15 is 0 Å². The Morgan fingerprint density at radius 2 is 1.93 bits per heavy atom. The predicted octanol–water partition coefficient (Wildman–Crippen LogP) is 1.74. The Bertz CT molecular complexity index is 365. The van der Waals surface area contributed by atoms with Crippen molar-refractivity contribution in [3.63, 3.8) is 0 Å². The molecule has 1 rings (SSSR count). The van der Waals surface area contributed by atoms with Crippen LogP contribution in [0.5, 0.6) is 0 Å². The van der Waals surface area contributed by atoms with Crippen LogP contribution in [0.3, 0.4) is 0 Å². The smallest absolute Gasteiger partial charge is 0.356 e. The summed E-state index contributed by atoms with van der Waals surface area (Å²) in [5.41, 5.74) is -0.358. The predicted molar refractivity (Wildman–Crippen MR) is 54.6 cm³/mol. The van der Waals surface area contributed by atoms with Gasteiger partial charge in [-0.15, -0.1) is 11.3 Å². The number of nitrogens with zero attached hydrogens (tertiary/aromatic N) is 1. The molecule has 0 saturated heterocycles. The number of carbonyl (C=O) groups is 2. The van der Waals surface area contributed by atoms with Crippen LogP contribution in [0.2, 0.25) is 0 Å². The number of aromatic carboxylic acids is 2. The third kappa shape index (κ3) is 2.76. The molecule has 0 spiro atoms. The SMILES string of the molecule is CC(C)Cc1nc(C(=O)O)c(C(=O)O)s1. The summed E-state index contributed by atoms with van der Waals surface area (Å²) in [7, 11) is 0. The first-order valence-electron chi connectivity index (χ1n) is 4.38. The number of aromatic nitrogens is 1. The molecular weight excluding hydrogens is 218 g/mol. The Kier molecular flexibility index (Phi) is 3.41. The van der Waals surface area contributed by atoms with Crippen molar-refractivity contribution in [2.45, 2.75) is 20.3 Å². The fourth-order valence-electron chi connectivity index (χ4n) is 1.09. The van der Waals surface area contributed by atoms with Gasteiger partial charge in [0, 0.05) is 6.42 Å². The molecular formula is C9H11NO4S. The Morgan fingerprint density at radius 3 is 2.27 bits per heavy atom. The Hall–Kier alpha value is -1.43. The van der Waals surface area contributed by atoms with Crippen molar-refractivity contribution in [2.24, 2.45) is 5.92 Å². The number of hydrogen-bond acceptors (Lipinski definition) is 4. The van der Waals surface area contributed by atoms with Crippen molar-refractivity contribution in [3.8, 4) is 0 Å². The first kappa shape index (κ1) is 11.6. The molecule has 1 heterocycles. The van der Waals surface area contributed by atoms with E-state index in [-0.39, 0.29) is 10.6 Å². The minimum absolute atomic E-state index is 0.196. The lowest BCUT2D eigenvalue weighted by Crippen LogP contribution is -2.05. The van der Waals surface area contributed by atoms with E-state index in [9.17, 15) is 9.59 Å². The Balaban J connectivity index is 3.09. The molecule has 0 aliphatic carbocycles. The molecule has 1 aromatic rings. The summed E-state index contributed by atoms with van der Waals surface area (Å²) in [5.74, 6) is -2.21. The van der Waals surface area contributed by atoms with E-state index in [2.05, 4.69) is 4.98 Å². The summed E-state index contributed by atoms with van der Waals surface area (Å²) in [4.78, 5) is 25.1. The van der Waals surface area contributed by atoms with Gasteiger partial charge in [-0.25, -0.2) is 14.6 Å². The molecule has 0 aromatic carbocycles. The van der Waals surface area contributed by atoms with Crippen LogP contribution in [0, 0.1) is 5.92 Å². The average molecular weight is 229 g/mol. The van der Waals surface area contributed by atoms with Gasteiger partial charge < -0.3 is 10.2 Å². The third-order valence-electron chi connectivity index (χ3n) is 1.65. The van der Waals surface area contributed by atoms with Gasteiger partial charge in [-0.2, -0.15) is 0 Å². The second-order valence-electron chi connectivity index (χ2n) is 3.49. The topological polar surface area (TPSA) is 87.5 Å². The molecule has 82 valence electrons. The Morgan fingerprint density at radius 1 is 1.33 bits per heavy atom. The number of carboxylic acids is 2. The van der Waals surface area contributed by atoms with E-state index in [4.69, 9.17) is 10.2 Å². The maximum absolute atomic E-state index is 10.7. The fourth-order valence-corrected chi connectivity index (χ4v) is 2.20. The average Bonchev–Trinajstić information content (AvgIpc) is 2.46. The molecule has 6 heteroatoms. The molecule has 1 aromatic heterocycles. The molecule has 5 nitrogen and oxygen atoms in total. The van der Waals surface area contributed by atoms with E-state index in [1.807, 2.05) is 13.8 Å². The van der Waals surface area contributed by atoms with Gasteiger partial charge in [0.2, 0.25) is 0 Å². The molecule has 2 N–H and O–H groups in total. The highest BCUT2D eigenvalue weighted by Crippen LogP contribution is 2.21. The van der Waals surface area contributed by atoms with Crippen molar-refractivity contribution in [2.75, 3.05) is 0 Å². The van der Waals surface area contributed by atoms with Gasteiger partial charge in [0.25, 0.3) is 0 Å². The van der Waals surface area contributed by atoms with Gasteiger partial charge in [-0.1, -0.05) is 13.8 Å². The summed E-state index contributed by atoms with van der Waals surface area (Å²) in [6.07, 6.45) is 0.595. The van der Waals surface area contributed by atoms with Crippen LogP contribution in [0.15, 0.2) is 0 Å². The van der Waals surface area contributed by atoms with Crippen LogP contribution in [0.25, 0.3) is 0 Å². The van der Waals surface area contributed by atoms with Gasteiger partial charge >= 0.3 is 11.9 Å². The molecule has 0 fully saturated rings. The zero-order valence-corrected chi connectivity index (χ0v) is 9.17. The van der Waals surface area contributed by atoms with Crippen LogP contribution in [-0.2, 0) is 6.42 Å². The summed E-state index contributed by atoms with van der Waals surface area (Å²) in [5, 5.41) is 18.1. The van der Waals surface area contributed by atoms with E-state index in [1.54, 1.807) is 0 Å². The highest BCUT2D eigenvalue weighted by Gasteiger charge is 2.22. The summed E-state index contributed by atoms with van der Waals surface area (Å²) >= 11 is 0.933. The van der Waals surface area contributed by atoms with Crippen molar-refractivity contribution < 1.29 is 19.8 Å². The molecule has 0 bridgehead atoms. The number of carboxylic acid groups (broad SMARTS) is 2. The number of hydrogen-bond donors (Lipinski definition) is 2. The first-order valence-corrected chi connectivity index (χ1v) is 5.19. The molecule has 0 aliphatic heterocycles. The standard InChI is InChI=1S/C9H11NO4S/c1-4(2)3-5-10-6(8(11)12)7(15-5)9(13)14/h4H,3H2,1-2H3,(H,11,12)(H,13,14). The molecule has 15 heavy (non-hydrogen) atoms. The lowest BCUT2D eigenvalue weighted by molar-refractivity contribution is 0.0651. The van der Waals surface area contributed by atoms with Crippen LogP contribution in [0.4, 0.5) is 0 Å². The number of thiazole rings is 1. The lowest BCUT2D eigenvalue weighted by atomic mass is 10.1. The summed E-state index contributed by atoms with van der Waals surface area (Å²) in [6, 6.07) is 0. The first-order chi connectivity index (χ1) is 6.91. The second kappa shape index (κ2) is 4.39. The molecule has 0 atom stereocenters. The molecule has 0 aliphatic rings. The fraction of sp³-hybridized carbons (Fsp3) is 0.444. The highest BCUT2D eigenvalue weighted by atomic mass is 32.1. The maximum Gasteiger partial charge on any atom is 0.356 e. The van der Waals surface area contributed by atoms with E-state index in [0.717, 1.165) is 11.3 Å². The van der Waals surface area contributed by atoms with E-state index < -0.39 is 11.9 Å². The number of rotatable bonds is 4. The van der Waals surface area contributed by atoms with Gasteiger partial charge in [-0.05, 0) is 5.92 Å². The lowest BCUT2D eigenvalue weighted by Gasteiger charge is -1.97. The zero-order chi connectivity index (χ0) is 11.6. The Labute approximate surface area is 90.4 Å². The van der Waals surface area contributed by atoms with Crippen LogP contribution >= 0.6 is 11.3 Å². The van der Waals surface area contributed by atoms with Crippen molar-refractivity contribution >= 4 is 23.3 Å². The van der Waals surface area contributed by atoms with Crippen LogP contribution in [0.1, 0.15) is 39.0 Å². The summed E-state index contributed by atoms with van der Waals surface area (Å²) < 4.78 is 0. The van der Waals surface area contributed by atoms with E-state index in [0.29, 0.717) is 17.3 Å². The third-order valence-corrected chi connectivity index (χ3v) is 2.72. The largest absolute Gasteiger partial charge is 0.477 e. The summed E-state index contributed by atoms with van der Waals surface area (Å²) in [6.45, 7) is 3.92. The maximum atomic E-state index is 10.7. The van der Waals surface area contributed by atoms with Crippen molar-refractivity contribution in [1.82, 2.24) is 4.98 Å². The normalized spacial score (nSPS) is 10.6. The molecule has 0 saturated carbocycles. The van der Waals surface area contributed by atoms with Crippen LogP contribution < -0.4 is 0 Å². The minimum atomic E-state index is -1.29. The highest BCUT2D eigenvalue weighted by molar-refractivity contribution is 7.13. The van der Waals surface area contributed by atoms with Gasteiger partial charge in [0.05, 0.1) is 5.01 Å².